The van der Waals surface area contributed by atoms with Crippen LogP contribution < -0.4 is 21.3 Å². The highest BCUT2D eigenvalue weighted by molar-refractivity contribution is 6.20. The average Bonchev–Trinajstić information content (AvgIpc) is 2.29. The van der Waals surface area contributed by atoms with E-state index in [4.69, 9.17) is 11.6 Å². The molecule has 3 unspecified atom stereocenters. The minimum Gasteiger partial charge on any atom is -0.320 e. The molecule has 7 heteroatoms. The third kappa shape index (κ3) is 1.13. The number of carbonyl (C=O) groups is 2. The van der Waals surface area contributed by atoms with Crippen molar-refractivity contribution in [1.29, 1.82) is 0 Å². The summed E-state index contributed by atoms with van der Waals surface area (Å²) in [6.07, 6.45) is -0.409. The zero-order valence-corrected chi connectivity index (χ0v) is 6.68. The van der Waals surface area contributed by atoms with Gasteiger partial charge in [-0.2, -0.15) is 0 Å². The molecule has 3 atom stereocenters. The first-order valence-corrected chi connectivity index (χ1v) is 3.88. The van der Waals surface area contributed by atoms with Crippen molar-refractivity contribution in [1.82, 2.24) is 21.3 Å². The summed E-state index contributed by atoms with van der Waals surface area (Å²) < 4.78 is 0. The molecule has 2 aliphatic rings. The van der Waals surface area contributed by atoms with Gasteiger partial charge in [-0.25, -0.2) is 4.79 Å². The lowest BCUT2D eigenvalue weighted by molar-refractivity contribution is -0.123. The molecule has 0 aromatic heterocycles. The van der Waals surface area contributed by atoms with Gasteiger partial charge in [-0.15, -0.1) is 0 Å². The number of nitrogens with one attached hydrogen (secondary N) is 4. The summed E-state index contributed by atoms with van der Waals surface area (Å²) in [5, 5.41) is 10.2. The van der Waals surface area contributed by atoms with E-state index >= 15 is 0 Å². The van der Waals surface area contributed by atoms with Gasteiger partial charge in [0, 0.05) is 0 Å². The Balaban J connectivity index is 2.15. The zero-order valence-electron chi connectivity index (χ0n) is 5.93. The van der Waals surface area contributed by atoms with Crippen LogP contribution >= 0.6 is 11.6 Å². The molecule has 3 amide bonds. The highest BCUT2D eigenvalue weighted by Crippen LogP contribution is 2.07. The van der Waals surface area contributed by atoms with E-state index in [0.29, 0.717) is 0 Å². The van der Waals surface area contributed by atoms with E-state index in [-0.39, 0.29) is 5.91 Å². The number of urea groups is 1. The number of hydrogen-bond acceptors (Lipinski definition) is 4. The van der Waals surface area contributed by atoms with Gasteiger partial charge in [0.2, 0.25) is 5.91 Å². The average molecular weight is 191 g/mol. The molecule has 0 bridgehead atoms. The molecule has 2 aliphatic heterocycles. The number of hydrogen-bond donors (Lipinski definition) is 4. The topological polar surface area (TPSA) is 82.3 Å². The Bertz CT molecular complexity index is 246. The number of carbonyl (C=O) groups excluding carboxylic acids is 2. The maximum atomic E-state index is 11.1. The van der Waals surface area contributed by atoms with E-state index in [1.807, 2.05) is 0 Å². The van der Waals surface area contributed by atoms with E-state index in [1.165, 1.54) is 0 Å². The number of alkyl halides is 1. The molecular formula is C5H7ClN4O2. The monoisotopic (exact) mass is 190 g/mol. The molecule has 2 saturated heterocycles. The normalized spacial score (nSPS) is 40.2. The van der Waals surface area contributed by atoms with E-state index in [2.05, 4.69) is 21.3 Å². The predicted octanol–water partition coefficient (Wildman–Crippen LogP) is -1.76. The fourth-order valence-electron chi connectivity index (χ4n) is 1.27. The van der Waals surface area contributed by atoms with Gasteiger partial charge in [0.25, 0.3) is 0 Å². The minimum atomic E-state index is -0.499. The number of halogens is 1. The quantitative estimate of drug-likeness (QED) is 0.269. The Labute approximate surface area is 73.0 Å². The van der Waals surface area contributed by atoms with Crippen molar-refractivity contribution in [2.24, 2.45) is 0 Å². The summed E-state index contributed by atoms with van der Waals surface area (Å²) in [5.74, 6) is -0.362. The van der Waals surface area contributed by atoms with Gasteiger partial charge in [0.15, 0.2) is 0 Å². The summed E-state index contributed by atoms with van der Waals surface area (Å²) in [7, 11) is 0. The molecule has 2 fully saturated rings. The first-order valence-electron chi connectivity index (χ1n) is 3.44. The van der Waals surface area contributed by atoms with Crippen molar-refractivity contribution in [2.75, 3.05) is 0 Å². The van der Waals surface area contributed by atoms with Gasteiger partial charge in [-0.05, 0) is 0 Å². The van der Waals surface area contributed by atoms with Crippen LogP contribution in [0.4, 0.5) is 4.79 Å². The number of fused-ring (bicyclic) bond motifs is 1. The maximum Gasteiger partial charge on any atom is 0.322 e. The highest BCUT2D eigenvalue weighted by atomic mass is 35.5. The van der Waals surface area contributed by atoms with Crippen LogP contribution in [0.1, 0.15) is 0 Å². The fraction of sp³-hybridized carbons (Fsp3) is 0.600. The Morgan fingerprint density at radius 1 is 1.25 bits per heavy atom. The molecule has 2 heterocycles. The largest absolute Gasteiger partial charge is 0.322 e. The Hall–Kier alpha value is -0.850. The molecule has 0 radical (unpaired) electrons. The van der Waals surface area contributed by atoms with Crippen molar-refractivity contribution in [3.63, 3.8) is 0 Å². The molecule has 2 rings (SSSR count). The van der Waals surface area contributed by atoms with Crippen LogP contribution in [-0.4, -0.2) is 29.8 Å². The molecule has 0 aliphatic carbocycles. The predicted molar refractivity (Wildman–Crippen MR) is 40.2 cm³/mol. The van der Waals surface area contributed by atoms with E-state index < -0.39 is 23.9 Å². The lowest BCUT2D eigenvalue weighted by Crippen LogP contribution is -2.64. The Kier molecular flexibility index (Phi) is 1.67. The number of imide groups is 1. The molecule has 0 spiro atoms. The van der Waals surface area contributed by atoms with Crippen LogP contribution in [0.15, 0.2) is 0 Å². The minimum absolute atomic E-state index is 0.362. The molecule has 12 heavy (non-hydrogen) atoms. The summed E-state index contributed by atoms with van der Waals surface area (Å²) >= 11 is 5.65. The summed E-state index contributed by atoms with van der Waals surface area (Å²) in [5.41, 5.74) is -0.482. The first-order chi connectivity index (χ1) is 5.66. The molecule has 66 valence electrons. The van der Waals surface area contributed by atoms with Gasteiger partial charge in [-0.1, -0.05) is 11.6 Å². The Morgan fingerprint density at radius 3 is 2.75 bits per heavy atom. The van der Waals surface area contributed by atoms with Crippen LogP contribution in [-0.2, 0) is 4.79 Å². The van der Waals surface area contributed by atoms with Crippen molar-refractivity contribution < 1.29 is 9.59 Å². The summed E-state index contributed by atoms with van der Waals surface area (Å²) in [6, 6.07) is -0.980. The second kappa shape index (κ2) is 2.58. The lowest BCUT2D eigenvalue weighted by Gasteiger charge is -2.24. The molecule has 0 saturated carbocycles. The highest BCUT2D eigenvalue weighted by Gasteiger charge is 2.41. The molecule has 0 aromatic rings. The van der Waals surface area contributed by atoms with Gasteiger partial charge in [0.1, 0.15) is 17.8 Å². The van der Waals surface area contributed by atoms with E-state index in [9.17, 15) is 9.59 Å². The first kappa shape index (κ1) is 7.78. The molecular weight excluding hydrogens is 184 g/mol. The second-order valence-corrected chi connectivity index (χ2v) is 3.05. The Morgan fingerprint density at radius 2 is 2.00 bits per heavy atom. The SMILES string of the molecule is O=C1NC(=O)C2NC(Cl)NC2N1. The second-order valence-electron chi connectivity index (χ2n) is 2.61. The van der Waals surface area contributed by atoms with E-state index in [0.717, 1.165) is 0 Å². The van der Waals surface area contributed by atoms with Crippen molar-refractivity contribution >= 4 is 23.5 Å². The summed E-state index contributed by atoms with van der Waals surface area (Å²) in [4.78, 5) is 21.9. The molecule has 6 nitrogen and oxygen atoms in total. The maximum absolute atomic E-state index is 11.1. The van der Waals surface area contributed by atoms with Crippen molar-refractivity contribution in [3.8, 4) is 0 Å². The van der Waals surface area contributed by atoms with Crippen LogP contribution in [0.25, 0.3) is 0 Å². The van der Waals surface area contributed by atoms with Crippen LogP contribution in [0.3, 0.4) is 0 Å². The van der Waals surface area contributed by atoms with E-state index in [1.54, 1.807) is 0 Å². The number of rotatable bonds is 0. The molecule has 4 N–H and O–H groups in total. The molecule has 0 aromatic carbocycles. The number of amides is 3. The lowest BCUT2D eigenvalue weighted by atomic mass is 10.2. The third-order valence-electron chi connectivity index (χ3n) is 1.79. The van der Waals surface area contributed by atoms with Crippen LogP contribution in [0.5, 0.6) is 0 Å². The van der Waals surface area contributed by atoms with Crippen molar-refractivity contribution in [3.05, 3.63) is 0 Å². The van der Waals surface area contributed by atoms with Crippen LogP contribution in [0, 0.1) is 0 Å². The van der Waals surface area contributed by atoms with Gasteiger partial charge in [0.05, 0.1) is 0 Å². The third-order valence-corrected chi connectivity index (χ3v) is 2.04. The fourth-order valence-corrected chi connectivity index (χ4v) is 1.55. The standard InChI is InChI=1S/C5H7ClN4O2/c6-4-7-1-2(8-4)9-5(12)10-3(1)11/h1-2,4,7-8H,(H2,9,10,11,12). The van der Waals surface area contributed by atoms with Gasteiger partial charge >= 0.3 is 6.03 Å². The summed E-state index contributed by atoms with van der Waals surface area (Å²) in [6.45, 7) is 0. The van der Waals surface area contributed by atoms with Gasteiger partial charge < -0.3 is 5.32 Å². The van der Waals surface area contributed by atoms with Crippen LogP contribution in [0.2, 0.25) is 0 Å². The van der Waals surface area contributed by atoms with Gasteiger partial charge in [-0.3, -0.25) is 20.7 Å². The van der Waals surface area contributed by atoms with Crippen molar-refractivity contribution in [2.45, 2.75) is 17.8 Å². The smallest absolute Gasteiger partial charge is 0.320 e. The zero-order chi connectivity index (χ0) is 8.72.